The molecule has 3 aliphatic rings. The molecule has 3 aliphatic heterocycles. The fourth-order valence-electron chi connectivity index (χ4n) is 6.20. The molecular formula is C32H47NO24S. The molecule has 0 saturated carbocycles. The molecule has 26 heteroatoms. The van der Waals surface area contributed by atoms with Crippen molar-refractivity contribution in [3.8, 4) is 0 Å². The lowest BCUT2D eigenvalue weighted by molar-refractivity contribution is -0.341. The van der Waals surface area contributed by atoms with Gasteiger partial charge in [-0.15, -0.1) is 0 Å². The highest BCUT2D eigenvalue weighted by atomic mass is 32.2. The van der Waals surface area contributed by atoms with Crippen molar-refractivity contribution in [3.63, 3.8) is 0 Å². The maximum atomic E-state index is 14.1. The fraction of sp³-hybridized carbons (Fsp3) is 0.781. The summed E-state index contributed by atoms with van der Waals surface area (Å²) in [6, 6.07) is -2.06. The van der Waals surface area contributed by atoms with E-state index in [1.165, 1.54) is 0 Å². The molecule has 0 aliphatic carbocycles. The average molecular weight is 862 g/mol. The fourth-order valence-corrected chi connectivity index (χ4v) is 7.82. The van der Waals surface area contributed by atoms with Gasteiger partial charge in [0.1, 0.15) is 55.9 Å². The Bertz CT molecular complexity index is 1620. The van der Waals surface area contributed by atoms with Gasteiger partial charge in [-0.2, -0.15) is 0 Å². The Morgan fingerprint density at radius 3 is 1.43 bits per heavy atom. The van der Waals surface area contributed by atoms with Crippen LogP contribution in [0.3, 0.4) is 0 Å². The number of nitrogens with one attached hydrogen (secondary N) is 1. The lowest BCUT2D eigenvalue weighted by Crippen LogP contribution is -2.70. The molecule has 3 heterocycles. The van der Waals surface area contributed by atoms with E-state index >= 15 is 0 Å². The molecule has 25 nitrogen and oxygen atoms in total. The predicted octanol–water partition coefficient (Wildman–Crippen LogP) is -4.67. The number of hydrogen-bond acceptors (Lipinski definition) is 24. The van der Waals surface area contributed by atoms with Crippen LogP contribution in [0.15, 0.2) is 0 Å². The van der Waals surface area contributed by atoms with Gasteiger partial charge in [-0.05, 0) is 0 Å². The first kappa shape index (κ1) is 48.3. The molecule has 0 spiro atoms. The van der Waals surface area contributed by atoms with Gasteiger partial charge in [0.2, 0.25) is 15.5 Å². The number of aliphatic hydroxyl groups is 4. The molecule has 3 fully saturated rings. The van der Waals surface area contributed by atoms with E-state index in [2.05, 4.69) is 0 Å². The van der Waals surface area contributed by atoms with Crippen LogP contribution in [-0.2, 0) is 95.7 Å². The van der Waals surface area contributed by atoms with E-state index in [0.717, 1.165) is 48.5 Å². The van der Waals surface area contributed by atoms with E-state index in [4.69, 9.17) is 52.1 Å². The Morgan fingerprint density at radius 1 is 0.534 bits per heavy atom. The van der Waals surface area contributed by atoms with E-state index in [1.807, 2.05) is 4.72 Å². The number of carbonyl (C=O) groups is 7. The highest BCUT2D eigenvalue weighted by Gasteiger charge is 2.60. The average Bonchev–Trinajstić information content (AvgIpc) is 3.09. The second-order valence-corrected chi connectivity index (χ2v) is 14.9. The summed E-state index contributed by atoms with van der Waals surface area (Å²) in [5.74, 6) is -7.17. The van der Waals surface area contributed by atoms with Crippen molar-refractivity contribution in [3.05, 3.63) is 0 Å². The highest BCUT2D eigenvalue weighted by molar-refractivity contribution is 7.90. The Morgan fingerprint density at radius 2 is 0.966 bits per heavy atom. The molecule has 0 radical (unpaired) electrons. The summed E-state index contributed by atoms with van der Waals surface area (Å²) in [6.07, 6.45) is -25.0. The maximum absolute atomic E-state index is 14.1. The van der Waals surface area contributed by atoms with Crippen molar-refractivity contribution in [2.75, 3.05) is 19.8 Å². The van der Waals surface area contributed by atoms with Gasteiger partial charge in [-0.25, -0.2) is 13.1 Å². The van der Waals surface area contributed by atoms with Crippen LogP contribution in [-0.4, -0.2) is 182 Å². The zero-order valence-electron chi connectivity index (χ0n) is 32.1. The summed E-state index contributed by atoms with van der Waals surface area (Å²) < 4.78 is 90.1. The van der Waals surface area contributed by atoms with Crippen molar-refractivity contribution in [1.29, 1.82) is 0 Å². The quantitative estimate of drug-likeness (QED) is 0.0763. The summed E-state index contributed by atoms with van der Waals surface area (Å²) in [7, 11) is -5.25. The third-order valence-electron chi connectivity index (χ3n) is 8.39. The minimum Gasteiger partial charge on any atom is -0.463 e. The number of aliphatic hydroxyl groups excluding tert-OH is 4. The van der Waals surface area contributed by atoms with Gasteiger partial charge in [0.05, 0.1) is 6.61 Å². The van der Waals surface area contributed by atoms with Crippen LogP contribution in [0.1, 0.15) is 48.5 Å². The van der Waals surface area contributed by atoms with Crippen LogP contribution in [0.5, 0.6) is 0 Å². The van der Waals surface area contributed by atoms with Crippen molar-refractivity contribution < 1.29 is 115 Å². The maximum Gasteiger partial charge on any atom is 0.303 e. The summed E-state index contributed by atoms with van der Waals surface area (Å²) in [5, 5.41) is 40.9. The molecule has 3 saturated heterocycles. The van der Waals surface area contributed by atoms with Gasteiger partial charge < -0.3 is 72.5 Å². The number of ether oxygens (including phenoxy) is 11. The van der Waals surface area contributed by atoms with Crippen molar-refractivity contribution in [1.82, 2.24) is 4.72 Å². The minimum absolute atomic E-state index is 0.707. The topological polar surface area (TPSA) is 348 Å². The molecule has 330 valence electrons. The van der Waals surface area contributed by atoms with Crippen LogP contribution in [0.25, 0.3) is 0 Å². The van der Waals surface area contributed by atoms with E-state index < -0.39 is 163 Å². The molecular weight excluding hydrogens is 814 g/mol. The van der Waals surface area contributed by atoms with Crippen LogP contribution in [0.2, 0.25) is 0 Å². The second kappa shape index (κ2) is 20.7. The largest absolute Gasteiger partial charge is 0.463 e. The van der Waals surface area contributed by atoms with Crippen molar-refractivity contribution >= 4 is 51.8 Å². The van der Waals surface area contributed by atoms with Crippen molar-refractivity contribution in [2.24, 2.45) is 0 Å². The number of carbonyl (C=O) groups excluding carboxylic acids is 7. The number of rotatable bonds is 15. The third-order valence-corrected chi connectivity index (χ3v) is 9.98. The summed E-state index contributed by atoms with van der Waals surface area (Å²) in [5.41, 5.74) is -2.50. The Balaban J connectivity index is 2.21. The first-order chi connectivity index (χ1) is 27.0. The number of hydrogen-bond donors (Lipinski definition) is 5. The zero-order chi connectivity index (χ0) is 43.8. The van der Waals surface area contributed by atoms with Gasteiger partial charge in [-0.1, -0.05) is 0 Å². The van der Waals surface area contributed by atoms with Crippen LogP contribution in [0, 0.1) is 0 Å². The van der Waals surface area contributed by atoms with Crippen LogP contribution >= 0.6 is 0 Å². The Hall–Kier alpha value is -4.12. The third kappa shape index (κ3) is 12.7. The summed E-state index contributed by atoms with van der Waals surface area (Å²) in [6.45, 7) is 4.00. The summed E-state index contributed by atoms with van der Waals surface area (Å²) >= 11 is 0. The first-order valence-electron chi connectivity index (χ1n) is 17.4. The van der Waals surface area contributed by atoms with Gasteiger partial charge in [0, 0.05) is 48.5 Å². The van der Waals surface area contributed by atoms with E-state index in [-0.39, 0.29) is 0 Å². The molecule has 0 bridgehead atoms. The van der Waals surface area contributed by atoms with E-state index in [1.54, 1.807) is 0 Å². The Labute approximate surface area is 330 Å². The van der Waals surface area contributed by atoms with Crippen LogP contribution in [0.4, 0.5) is 0 Å². The number of sulfonamides is 1. The molecule has 0 unspecified atom stereocenters. The Kier molecular flexibility index (Phi) is 17.2. The zero-order valence-corrected chi connectivity index (χ0v) is 33.0. The predicted molar refractivity (Wildman–Crippen MR) is 179 cm³/mol. The molecule has 3 rings (SSSR count). The molecule has 5 N–H and O–H groups in total. The monoisotopic (exact) mass is 861 g/mol. The van der Waals surface area contributed by atoms with Crippen LogP contribution < -0.4 is 4.72 Å². The van der Waals surface area contributed by atoms with Crippen molar-refractivity contribution in [2.45, 2.75) is 140 Å². The van der Waals surface area contributed by atoms with E-state index in [0.29, 0.717) is 0 Å². The van der Waals surface area contributed by atoms with Gasteiger partial charge in [0.15, 0.2) is 43.1 Å². The first-order valence-corrected chi connectivity index (χ1v) is 18.9. The standard InChI is InChI=1S/C32H47NO24S/c1-11(35)47-9-19-24(49-13(3)37)26(50-14(4)38)28(52-16(6)40)31(55-19)57-25-20(10-48-12(2)36)56-32(29(53-17(7)41)27(25)51-15(5)39)58(45,46)33-21-23(43)22(42)18(8-34)54-30(21)44/h18-34,42-44H,8-10H2,1-7H3/t18-,19-,20-,21-,22-,23-,24+,25-,26+,27+,28-,29-,30-,31+,32+/m1/s1. The lowest BCUT2D eigenvalue weighted by Gasteiger charge is -2.49. The molecule has 58 heavy (non-hydrogen) atoms. The minimum atomic E-state index is -5.25. The summed E-state index contributed by atoms with van der Waals surface area (Å²) in [4.78, 5) is 86.0. The molecule has 0 amide bonds. The number of esters is 7. The normalized spacial score (nSPS) is 35.1. The molecule has 0 aromatic carbocycles. The second-order valence-electron chi connectivity index (χ2n) is 13.1. The van der Waals surface area contributed by atoms with Gasteiger partial charge in [0.25, 0.3) is 0 Å². The van der Waals surface area contributed by atoms with Gasteiger partial charge in [-0.3, -0.25) is 33.6 Å². The molecule has 0 aromatic heterocycles. The van der Waals surface area contributed by atoms with Gasteiger partial charge >= 0.3 is 41.8 Å². The SMILES string of the molecule is CC(=O)OC[C@H]1O[C@@H](O[C@H]2[C@H](OC(C)=O)[C@@H](OC(C)=O)[C@H](S(=O)(=O)N[C@@H]3[C@@H](O)[C@H](O)[C@@H](CO)O[C@H]3O)O[C@@H]2COC(C)=O)[C@H](OC(C)=O)[C@@H](OC(C)=O)[C@H]1OC(C)=O. The molecule has 15 atom stereocenters. The lowest BCUT2D eigenvalue weighted by atomic mass is 9.96. The smallest absolute Gasteiger partial charge is 0.303 e. The van der Waals surface area contributed by atoms with E-state index in [9.17, 15) is 62.4 Å². The molecule has 0 aromatic rings. The highest BCUT2D eigenvalue weighted by Crippen LogP contribution is 2.37.